The maximum atomic E-state index is 13.8. The minimum Gasteiger partial charge on any atom is -0.261 e. The molecular formula is C21H13Cl2FN4. The highest BCUT2D eigenvalue weighted by atomic mass is 35.5. The van der Waals surface area contributed by atoms with Crippen molar-refractivity contribution in [1.29, 1.82) is 0 Å². The lowest BCUT2D eigenvalue weighted by molar-refractivity contribution is 0.626. The zero-order valence-corrected chi connectivity index (χ0v) is 15.9. The van der Waals surface area contributed by atoms with Gasteiger partial charge in [-0.25, -0.2) is 14.4 Å². The summed E-state index contributed by atoms with van der Waals surface area (Å²) in [6, 6.07) is 19.1. The summed E-state index contributed by atoms with van der Waals surface area (Å²) in [4.78, 5) is 9.16. The number of rotatable bonds is 4. The molecule has 0 spiro atoms. The Balaban J connectivity index is 1.74. The Kier molecular flexibility index (Phi) is 5.19. The van der Waals surface area contributed by atoms with Crippen molar-refractivity contribution in [2.24, 2.45) is 5.10 Å². The van der Waals surface area contributed by atoms with E-state index in [0.717, 1.165) is 16.5 Å². The van der Waals surface area contributed by atoms with Crippen molar-refractivity contribution in [1.82, 2.24) is 9.97 Å². The Morgan fingerprint density at radius 3 is 2.50 bits per heavy atom. The summed E-state index contributed by atoms with van der Waals surface area (Å²) in [7, 11) is 0. The van der Waals surface area contributed by atoms with Gasteiger partial charge < -0.3 is 0 Å². The molecule has 0 atom stereocenters. The normalized spacial score (nSPS) is 11.2. The van der Waals surface area contributed by atoms with Crippen LogP contribution in [0.4, 0.5) is 10.2 Å². The van der Waals surface area contributed by atoms with E-state index in [1.165, 1.54) is 12.3 Å². The van der Waals surface area contributed by atoms with Gasteiger partial charge in [-0.3, -0.25) is 5.43 Å². The molecule has 4 rings (SSSR count). The summed E-state index contributed by atoms with van der Waals surface area (Å²) in [6.45, 7) is 0. The van der Waals surface area contributed by atoms with Crippen LogP contribution in [0.3, 0.4) is 0 Å². The van der Waals surface area contributed by atoms with Crippen molar-refractivity contribution in [3.05, 3.63) is 88.2 Å². The fraction of sp³-hybridized carbons (Fsp3) is 0. The number of fused-ring (bicyclic) bond motifs is 1. The highest BCUT2D eigenvalue weighted by molar-refractivity contribution is 6.42. The monoisotopic (exact) mass is 410 g/mol. The third kappa shape index (κ3) is 3.81. The van der Waals surface area contributed by atoms with Crippen LogP contribution < -0.4 is 5.43 Å². The van der Waals surface area contributed by atoms with Gasteiger partial charge in [-0.05, 0) is 36.4 Å². The fourth-order valence-corrected chi connectivity index (χ4v) is 2.97. The van der Waals surface area contributed by atoms with Gasteiger partial charge in [-0.1, -0.05) is 53.5 Å². The van der Waals surface area contributed by atoms with Crippen LogP contribution in [0.2, 0.25) is 10.0 Å². The van der Waals surface area contributed by atoms with E-state index in [0.29, 0.717) is 27.3 Å². The minimum atomic E-state index is -0.350. The molecule has 3 aromatic carbocycles. The van der Waals surface area contributed by atoms with Crippen molar-refractivity contribution < 1.29 is 4.39 Å². The topological polar surface area (TPSA) is 50.2 Å². The number of anilines is 1. The summed E-state index contributed by atoms with van der Waals surface area (Å²) in [5.74, 6) is 0.622. The van der Waals surface area contributed by atoms with Crippen molar-refractivity contribution in [3.8, 4) is 11.4 Å². The first-order valence-electron chi connectivity index (χ1n) is 8.37. The Bertz CT molecular complexity index is 1190. The zero-order chi connectivity index (χ0) is 19.5. The van der Waals surface area contributed by atoms with Gasteiger partial charge in [0, 0.05) is 16.5 Å². The van der Waals surface area contributed by atoms with Crippen LogP contribution >= 0.6 is 23.2 Å². The zero-order valence-electron chi connectivity index (χ0n) is 14.4. The molecule has 0 bridgehead atoms. The van der Waals surface area contributed by atoms with E-state index < -0.39 is 0 Å². The number of benzene rings is 3. The third-order valence-electron chi connectivity index (χ3n) is 4.06. The quantitative estimate of drug-likeness (QED) is 0.322. The smallest absolute Gasteiger partial charge is 0.162 e. The minimum absolute atomic E-state index is 0.350. The van der Waals surface area contributed by atoms with Crippen LogP contribution in [0.1, 0.15) is 5.56 Å². The molecule has 0 fully saturated rings. The molecule has 1 heterocycles. The molecule has 0 unspecified atom stereocenters. The summed E-state index contributed by atoms with van der Waals surface area (Å²) in [5.41, 5.74) is 4.73. The third-order valence-corrected chi connectivity index (χ3v) is 4.80. The SMILES string of the molecule is Fc1ccccc1/C=N\Nc1nc(-c2ccc(Cl)c(Cl)c2)nc2ccccc12. The van der Waals surface area contributed by atoms with Crippen molar-refractivity contribution in [2.75, 3.05) is 5.43 Å². The van der Waals surface area contributed by atoms with Gasteiger partial charge in [0.05, 0.1) is 21.8 Å². The molecule has 0 saturated heterocycles. The number of hydrogen-bond donors (Lipinski definition) is 1. The number of nitrogens with zero attached hydrogens (tertiary/aromatic N) is 3. The van der Waals surface area contributed by atoms with Crippen molar-refractivity contribution in [3.63, 3.8) is 0 Å². The molecular weight excluding hydrogens is 398 g/mol. The molecule has 4 nitrogen and oxygen atoms in total. The average molecular weight is 411 g/mol. The first kappa shape index (κ1) is 18.3. The van der Waals surface area contributed by atoms with Gasteiger partial charge >= 0.3 is 0 Å². The Morgan fingerprint density at radius 1 is 0.893 bits per heavy atom. The van der Waals surface area contributed by atoms with E-state index in [1.807, 2.05) is 24.3 Å². The second-order valence-corrected chi connectivity index (χ2v) is 6.75. The summed E-state index contributed by atoms with van der Waals surface area (Å²) < 4.78 is 13.8. The summed E-state index contributed by atoms with van der Waals surface area (Å²) in [5, 5.41) is 5.80. The van der Waals surface area contributed by atoms with Crippen molar-refractivity contribution >= 4 is 46.1 Å². The number of nitrogens with one attached hydrogen (secondary N) is 1. The maximum absolute atomic E-state index is 13.8. The van der Waals surface area contributed by atoms with Crippen LogP contribution in [0, 0.1) is 5.82 Å². The second kappa shape index (κ2) is 7.92. The van der Waals surface area contributed by atoms with E-state index in [2.05, 4.69) is 20.5 Å². The Morgan fingerprint density at radius 2 is 1.68 bits per heavy atom. The van der Waals surface area contributed by atoms with Gasteiger partial charge in [0.15, 0.2) is 11.6 Å². The van der Waals surface area contributed by atoms with Gasteiger partial charge in [-0.15, -0.1) is 0 Å². The van der Waals surface area contributed by atoms with Crippen molar-refractivity contribution in [2.45, 2.75) is 0 Å². The van der Waals surface area contributed by atoms with Crippen LogP contribution in [0.25, 0.3) is 22.3 Å². The van der Waals surface area contributed by atoms with E-state index in [-0.39, 0.29) is 5.82 Å². The molecule has 138 valence electrons. The molecule has 0 amide bonds. The van der Waals surface area contributed by atoms with Crippen LogP contribution in [0.5, 0.6) is 0 Å². The lowest BCUT2D eigenvalue weighted by Crippen LogP contribution is -1.99. The van der Waals surface area contributed by atoms with Gasteiger partial charge in [0.25, 0.3) is 0 Å². The van der Waals surface area contributed by atoms with Gasteiger partial charge in [-0.2, -0.15) is 5.10 Å². The molecule has 28 heavy (non-hydrogen) atoms. The van der Waals surface area contributed by atoms with E-state index >= 15 is 0 Å². The van der Waals surface area contributed by atoms with Gasteiger partial charge in [0.2, 0.25) is 0 Å². The molecule has 0 aliphatic rings. The molecule has 0 aliphatic heterocycles. The molecule has 4 aromatic rings. The first-order chi connectivity index (χ1) is 13.6. The lowest BCUT2D eigenvalue weighted by Gasteiger charge is -2.09. The highest BCUT2D eigenvalue weighted by Crippen LogP contribution is 2.29. The van der Waals surface area contributed by atoms with Crippen LogP contribution in [0.15, 0.2) is 71.8 Å². The number of para-hydroxylation sites is 1. The predicted octanol–water partition coefficient (Wildman–Crippen LogP) is 6.19. The first-order valence-corrected chi connectivity index (χ1v) is 9.13. The number of hydrazone groups is 1. The van der Waals surface area contributed by atoms with Crippen LogP contribution in [-0.2, 0) is 0 Å². The number of hydrogen-bond acceptors (Lipinski definition) is 4. The molecule has 0 saturated carbocycles. The fourth-order valence-electron chi connectivity index (χ4n) is 2.67. The van der Waals surface area contributed by atoms with Crippen LogP contribution in [-0.4, -0.2) is 16.2 Å². The molecule has 1 aromatic heterocycles. The molecule has 7 heteroatoms. The molecule has 0 aliphatic carbocycles. The predicted molar refractivity (Wildman–Crippen MR) is 113 cm³/mol. The average Bonchev–Trinajstić information content (AvgIpc) is 2.71. The number of aromatic nitrogens is 2. The Labute approximate surface area is 170 Å². The Hall–Kier alpha value is -3.02. The number of halogens is 3. The molecule has 1 N–H and O–H groups in total. The largest absolute Gasteiger partial charge is 0.261 e. The second-order valence-electron chi connectivity index (χ2n) is 5.93. The van der Waals surface area contributed by atoms with Gasteiger partial charge in [0.1, 0.15) is 5.82 Å². The highest BCUT2D eigenvalue weighted by Gasteiger charge is 2.10. The lowest BCUT2D eigenvalue weighted by atomic mass is 10.2. The van der Waals surface area contributed by atoms with E-state index in [4.69, 9.17) is 23.2 Å². The van der Waals surface area contributed by atoms with E-state index in [9.17, 15) is 4.39 Å². The molecule has 0 radical (unpaired) electrons. The van der Waals surface area contributed by atoms with E-state index in [1.54, 1.807) is 36.4 Å². The maximum Gasteiger partial charge on any atom is 0.162 e. The standard InChI is InChI=1S/C21H13Cl2FN4/c22-16-10-9-13(11-17(16)23)20-26-19-8-4-2-6-15(19)21(27-20)28-25-12-14-5-1-3-7-18(14)24/h1-12H,(H,26,27,28)/b25-12-. The summed E-state index contributed by atoms with van der Waals surface area (Å²) in [6.07, 6.45) is 1.41. The summed E-state index contributed by atoms with van der Waals surface area (Å²) >= 11 is 12.1.